The average Bonchev–Trinajstić information content (AvgIpc) is 3.60. The molecule has 2 nitrogen and oxygen atoms in total. The van der Waals surface area contributed by atoms with Crippen LogP contribution in [0.5, 0.6) is 0 Å². The summed E-state index contributed by atoms with van der Waals surface area (Å²) < 4.78 is 0. The molecule has 0 unspecified atom stereocenters. The van der Waals surface area contributed by atoms with E-state index in [1.807, 2.05) is 11.4 Å². The van der Waals surface area contributed by atoms with Crippen molar-refractivity contribution in [3.05, 3.63) is 43.3 Å². The molecular weight excluding hydrogens is 553 g/mol. The Hall–Kier alpha value is -1.26. The monoisotopic (exact) mass is 612 g/mol. The number of ketones is 2. The third-order valence-corrected chi connectivity index (χ3v) is 12.1. The van der Waals surface area contributed by atoms with E-state index in [9.17, 15) is 9.59 Å². The van der Waals surface area contributed by atoms with Gasteiger partial charge in [-0.1, -0.05) is 138 Å². The van der Waals surface area contributed by atoms with Crippen LogP contribution in [0.2, 0.25) is 0 Å². The lowest BCUT2D eigenvalue weighted by atomic mass is 9.89. The van der Waals surface area contributed by atoms with E-state index in [1.54, 1.807) is 17.4 Å². The normalized spacial score (nSPS) is 16.8. The van der Waals surface area contributed by atoms with Crippen LogP contribution in [-0.4, -0.2) is 11.6 Å². The first kappa shape index (κ1) is 35.2. The number of carbonyl (C=O) groups is 2. The van der Waals surface area contributed by atoms with Gasteiger partial charge in [0.15, 0.2) is 0 Å². The zero-order valence-corrected chi connectivity index (χ0v) is 29.6. The molecule has 0 spiro atoms. The van der Waals surface area contributed by atoms with E-state index < -0.39 is 0 Å². The van der Waals surface area contributed by atoms with Gasteiger partial charge in [0.1, 0.15) is 0 Å². The molecule has 0 saturated heterocycles. The number of thiophene rings is 2. The molecule has 2 aromatic heterocycles. The highest BCUT2D eigenvalue weighted by Crippen LogP contribution is 2.39. The minimum Gasteiger partial charge on any atom is -0.288 e. The Morgan fingerprint density at radius 2 is 0.976 bits per heavy atom. The van der Waals surface area contributed by atoms with Crippen molar-refractivity contribution in [1.82, 2.24) is 0 Å². The molecule has 0 radical (unpaired) electrons. The molecule has 5 atom stereocenters. The molecule has 0 N–H and O–H groups in total. The van der Waals surface area contributed by atoms with Crippen LogP contribution in [0.3, 0.4) is 0 Å². The molecule has 1 aliphatic rings. The van der Waals surface area contributed by atoms with E-state index in [0.29, 0.717) is 26.8 Å². The summed E-state index contributed by atoms with van der Waals surface area (Å²) in [6, 6.07) is 3.81. The first-order valence-electron chi connectivity index (χ1n) is 17.4. The minimum atomic E-state index is 0.0366. The van der Waals surface area contributed by atoms with Gasteiger partial charge in [-0.05, 0) is 59.4 Å². The van der Waals surface area contributed by atoms with Crippen LogP contribution >= 0.6 is 22.7 Å². The van der Waals surface area contributed by atoms with Crippen molar-refractivity contribution in [3.8, 4) is 0 Å². The maximum Gasteiger partial charge on any atom is 0.205 e. The standard InChI is InChI=1S/C38H60O2S2/c1-26(2)13-8-14-27(3)15-9-16-28(4)17-10-18-29(5)19-11-20-30(6)21-12-22-31(7)34-25-33-36(40)37-32(23-24-41-37)35(39)38(33)42-34/h23-31H,8-22H2,1-7H3/t27-,28-,29-,30-,31-/m0/s1. The van der Waals surface area contributed by atoms with Crippen LogP contribution < -0.4 is 0 Å². The molecule has 0 saturated carbocycles. The zero-order valence-electron chi connectivity index (χ0n) is 27.9. The van der Waals surface area contributed by atoms with Crippen LogP contribution in [0.4, 0.5) is 0 Å². The predicted molar refractivity (Wildman–Crippen MR) is 185 cm³/mol. The summed E-state index contributed by atoms with van der Waals surface area (Å²) in [6.45, 7) is 16.7. The molecular formula is C38H60O2S2. The Morgan fingerprint density at radius 3 is 1.45 bits per heavy atom. The number of carbonyl (C=O) groups excluding carboxylic acids is 2. The number of rotatable bonds is 21. The van der Waals surface area contributed by atoms with Crippen LogP contribution in [-0.2, 0) is 0 Å². The van der Waals surface area contributed by atoms with Gasteiger partial charge in [-0.3, -0.25) is 9.59 Å². The molecule has 4 heteroatoms. The van der Waals surface area contributed by atoms with E-state index in [4.69, 9.17) is 0 Å². The first-order chi connectivity index (χ1) is 20.1. The number of fused-ring (bicyclic) bond motifs is 2. The quantitative estimate of drug-likeness (QED) is 0.120. The number of hydrogen-bond acceptors (Lipinski definition) is 4. The summed E-state index contributed by atoms with van der Waals surface area (Å²) >= 11 is 2.94. The second-order valence-electron chi connectivity index (χ2n) is 14.6. The van der Waals surface area contributed by atoms with Gasteiger partial charge >= 0.3 is 0 Å². The predicted octanol–water partition coefficient (Wildman–Crippen LogP) is 12.7. The van der Waals surface area contributed by atoms with Crippen molar-refractivity contribution in [2.45, 2.75) is 151 Å². The highest BCUT2D eigenvalue weighted by Gasteiger charge is 2.33. The van der Waals surface area contributed by atoms with Gasteiger partial charge in [-0.25, -0.2) is 0 Å². The summed E-state index contributed by atoms with van der Waals surface area (Å²) in [5.74, 6) is 4.74. The van der Waals surface area contributed by atoms with Gasteiger partial charge < -0.3 is 0 Å². The molecule has 0 bridgehead atoms. The molecule has 3 rings (SSSR count). The van der Waals surface area contributed by atoms with E-state index in [-0.39, 0.29) is 11.6 Å². The van der Waals surface area contributed by atoms with Crippen molar-refractivity contribution < 1.29 is 9.59 Å². The molecule has 0 amide bonds. The molecule has 1 aliphatic carbocycles. The molecule has 0 aromatic carbocycles. The van der Waals surface area contributed by atoms with Gasteiger partial charge in [0.25, 0.3) is 0 Å². The van der Waals surface area contributed by atoms with E-state index in [1.165, 1.54) is 106 Å². The molecule has 0 fully saturated rings. The van der Waals surface area contributed by atoms with Crippen molar-refractivity contribution in [2.75, 3.05) is 0 Å². The van der Waals surface area contributed by atoms with Crippen LogP contribution in [0, 0.1) is 29.6 Å². The Kier molecular flexibility index (Phi) is 15.0. The summed E-state index contributed by atoms with van der Waals surface area (Å²) in [4.78, 5) is 28.2. The summed E-state index contributed by atoms with van der Waals surface area (Å²) in [7, 11) is 0. The highest BCUT2D eigenvalue weighted by molar-refractivity contribution is 7.16. The second kappa shape index (κ2) is 17.9. The lowest BCUT2D eigenvalue weighted by Gasteiger charge is -2.17. The topological polar surface area (TPSA) is 34.1 Å². The van der Waals surface area contributed by atoms with E-state index >= 15 is 0 Å². The molecule has 42 heavy (non-hydrogen) atoms. The lowest BCUT2D eigenvalue weighted by Crippen LogP contribution is -2.15. The van der Waals surface area contributed by atoms with Crippen molar-refractivity contribution in [1.29, 1.82) is 0 Å². The Bertz CT molecular complexity index is 1040. The first-order valence-corrected chi connectivity index (χ1v) is 19.1. The van der Waals surface area contributed by atoms with Crippen LogP contribution in [0.15, 0.2) is 17.5 Å². The Morgan fingerprint density at radius 1 is 0.548 bits per heavy atom. The van der Waals surface area contributed by atoms with Crippen molar-refractivity contribution >= 4 is 34.2 Å². The van der Waals surface area contributed by atoms with Gasteiger partial charge in [0.05, 0.1) is 9.75 Å². The molecule has 0 aliphatic heterocycles. The van der Waals surface area contributed by atoms with Crippen molar-refractivity contribution in [3.63, 3.8) is 0 Å². The van der Waals surface area contributed by atoms with Crippen LogP contribution in [0.1, 0.15) is 186 Å². The smallest absolute Gasteiger partial charge is 0.205 e. The average molecular weight is 613 g/mol. The fourth-order valence-electron chi connectivity index (χ4n) is 6.71. The SMILES string of the molecule is CC(C)CCC[C@H](C)CCC[C@H](C)CCC[C@H](C)CCC[C@H](C)CCC[C@H](C)c1cc2c(s1)C(=O)c1ccsc1C2=O. The maximum absolute atomic E-state index is 12.9. The maximum atomic E-state index is 12.9. The summed E-state index contributed by atoms with van der Waals surface area (Å²) in [5.41, 5.74) is 1.23. The molecule has 236 valence electrons. The van der Waals surface area contributed by atoms with Crippen LogP contribution in [0.25, 0.3) is 0 Å². The largest absolute Gasteiger partial charge is 0.288 e. The summed E-state index contributed by atoms with van der Waals surface area (Å²) in [5, 5.41) is 1.85. The third kappa shape index (κ3) is 11.0. The van der Waals surface area contributed by atoms with Gasteiger partial charge in [0.2, 0.25) is 11.6 Å². The van der Waals surface area contributed by atoms with E-state index in [0.717, 1.165) is 36.0 Å². The molecule has 2 heterocycles. The minimum absolute atomic E-state index is 0.0366. The summed E-state index contributed by atoms with van der Waals surface area (Å²) in [6.07, 6.45) is 20.3. The Balaban J connectivity index is 1.22. The molecule has 2 aromatic rings. The van der Waals surface area contributed by atoms with Gasteiger partial charge in [0, 0.05) is 16.0 Å². The highest BCUT2D eigenvalue weighted by atomic mass is 32.1. The second-order valence-corrected chi connectivity index (χ2v) is 16.6. The fourth-order valence-corrected chi connectivity index (χ4v) is 8.75. The van der Waals surface area contributed by atoms with Crippen molar-refractivity contribution in [2.24, 2.45) is 29.6 Å². The van der Waals surface area contributed by atoms with Gasteiger partial charge in [-0.15, -0.1) is 22.7 Å². The van der Waals surface area contributed by atoms with E-state index in [2.05, 4.69) is 48.5 Å². The Labute approximate surface area is 266 Å². The fraction of sp³-hybridized carbons (Fsp3) is 0.737. The number of hydrogen-bond donors (Lipinski definition) is 0. The zero-order chi connectivity index (χ0) is 30.6. The third-order valence-electron chi connectivity index (χ3n) is 9.80. The lowest BCUT2D eigenvalue weighted by molar-refractivity contribution is 0.0986. The van der Waals surface area contributed by atoms with Gasteiger partial charge in [-0.2, -0.15) is 0 Å².